The second kappa shape index (κ2) is 7.19. The van der Waals surface area contributed by atoms with Crippen LogP contribution in [0.25, 0.3) is 11.4 Å². The molecule has 2 rings (SSSR count). The van der Waals surface area contributed by atoms with E-state index in [0.29, 0.717) is 23.1 Å². The first-order chi connectivity index (χ1) is 10.9. The second-order valence-corrected chi connectivity index (χ2v) is 6.19. The summed E-state index contributed by atoms with van der Waals surface area (Å²) in [5.74, 6) is 0.637. The number of non-ortho nitro benzene ring substituents is 1. The predicted molar refractivity (Wildman–Crippen MR) is 88.3 cm³/mol. The number of hydrogen-bond acceptors (Lipinski definition) is 6. The first kappa shape index (κ1) is 16.9. The minimum atomic E-state index is -0.450. The van der Waals surface area contributed by atoms with Crippen molar-refractivity contribution in [1.29, 1.82) is 0 Å². The highest BCUT2D eigenvalue weighted by Gasteiger charge is 2.18. The van der Waals surface area contributed by atoms with Crippen LogP contribution in [-0.4, -0.2) is 30.7 Å². The van der Waals surface area contributed by atoms with Crippen molar-refractivity contribution in [2.24, 2.45) is 0 Å². The lowest BCUT2D eigenvalue weighted by Crippen LogP contribution is -2.10. The third kappa shape index (κ3) is 3.84. The number of nitro benzene ring substituents is 1. The number of nitrogens with zero attached hydrogens (tertiary/aromatic N) is 4. The van der Waals surface area contributed by atoms with E-state index in [2.05, 4.69) is 16.8 Å². The molecular weight excluding hydrogens is 316 g/mol. The van der Waals surface area contributed by atoms with Crippen LogP contribution in [0.15, 0.2) is 42.1 Å². The average molecular weight is 332 g/mol. The number of ketones is 1. The van der Waals surface area contributed by atoms with Crippen molar-refractivity contribution in [3.63, 3.8) is 0 Å². The van der Waals surface area contributed by atoms with Gasteiger partial charge >= 0.3 is 0 Å². The highest BCUT2D eigenvalue weighted by Crippen LogP contribution is 2.28. The van der Waals surface area contributed by atoms with Crippen LogP contribution in [0.1, 0.15) is 13.8 Å². The number of carbonyl (C=O) groups is 1. The summed E-state index contributed by atoms with van der Waals surface area (Å²) in [5.41, 5.74) is 0.732. The van der Waals surface area contributed by atoms with Gasteiger partial charge < -0.3 is 0 Å². The van der Waals surface area contributed by atoms with Crippen LogP contribution in [0.3, 0.4) is 0 Å². The molecule has 1 aromatic carbocycles. The number of Topliss-reactive ketones (excluding diaryl/α,β-unsaturated/α-hetero) is 1. The number of nitro groups is 1. The van der Waals surface area contributed by atoms with Crippen LogP contribution < -0.4 is 0 Å². The zero-order valence-electron chi connectivity index (χ0n) is 12.8. The lowest BCUT2D eigenvalue weighted by Gasteiger charge is -2.10. The zero-order chi connectivity index (χ0) is 17.0. The Morgan fingerprint density at radius 1 is 1.43 bits per heavy atom. The Bertz CT molecular complexity index is 740. The molecule has 0 unspecified atom stereocenters. The standard InChI is InChI=1S/C15H16N4O3S/c1-4-9-18-14(12-5-7-13(8-6-12)19(21)22)16-17-15(18)23-11(3)10(2)20/h4-8,11H,1,9H2,2-3H3/t11-/m1/s1. The summed E-state index contributed by atoms with van der Waals surface area (Å²) in [4.78, 5) is 21.7. The predicted octanol–water partition coefficient (Wildman–Crippen LogP) is 3.11. The monoisotopic (exact) mass is 332 g/mol. The molecule has 0 bridgehead atoms. The van der Waals surface area contributed by atoms with Crippen LogP contribution in [0.2, 0.25) is 0 Å². The van der Waals surface area contributed by atoms with Crippen molar-refractivity contribution in [2.75, 3.05) is 0 Å². The number of thioether (sulfide) groups is 1. The van der Waals surface area contributed by atoms with Crippen LogP contribution in [0.5, 0.6) is 0 Å². The van der Waals surface area contributed by atoms with E-state index in [1.165, 1.54) is 30.8 Å². The summed E-state index contributed by atoms with van der Waals surface area (Å²) in [5, 5.41) is 19.4. The summed E-state index contributed by atoms with van der Waals surface area (Å²) in [6.45, 7) is 7.54. The van der Waals surface area contributed by atoms with Crippen LogP contribution in [0.4, 0.5) is 5.69 Å². The average Bonchev–Trinajstić information content (AvgIpc) is 2.90. The minimum Gasteiger partial charge on any atom is -0.299 e. The summed E-state index contributed by atoms with van der Waals surface area (Å²) < 4.78 is 1.83. The minimum absolute atomic E-state index is 0.0170. The third-order valence-corrected chi connectivity index (χ3v) is 4.42. The van der Waals surface area contributed by atoms with E-state index in [1.807, 2.05) is 11.5 Å². The number of hydrogen-bond donors (Lipinski definition) is 0. The number of allylic oxidation sites excluding steroid dienone is 1. The van der Waals surface area contributed by atoms with E-state index in [9.17, 15) is 14.9 Å². The van der Waals surface area contributed by atoms with Gasteiger partial charge in [-0.1, -0.05) is 17.8 Å². The van der Waals surface area contributed by atoms with E-state index in [-0.39, 0.29) is 16.7 Å². The molecule has 1 aromatic heterocycles. The van der Waals surface area contributed by atoms with Crippen LogP contribution in [-0.2, 0) is 11.3 Å². The van der Waals surface area contributed by atoms with E-state index in [4.69, 9.17) is 0 Å². The van der Waals surface area contributed by atoms with Crippen molar-refractivity contribution >= 4 is 23.2 Å². The van der Waals surface area contributed by atoms with Crippen molar-refractivity contribution in [1.82, 2.24) is 14.8 Å². The van der Waals surface area contributed by atoms with Crippen molar-refractivity contribution < 1.29 is 9.72 Å². The van der Waals surface area contributed by atoms with Gasteiger partial charge in [-0.25, -0.2) is 0 Å². The highest BCUT2D eigenvalue weighted by atomic mass is 32.2. The summed E-state index contributed by atoms with van der Waals surface area (Å²) in [6.07, 6.45) is 1.71. The Labute approximate surface area is 137 Å². The van der Waals surface area contributed by atoms with Crippen molar-refractivity contribution in [2.45, 2.75) is 30.8 Å². The molecule has 0 spiro atoms. The molecule has 7 nitrogen and oxygen atoms in total. The Kier molecular flexibility index (Phi) is 5.28. The molecule has 0 radical (unpaired) electrons. The fourth-order valence-corrected chi connectivity index (χ4v) is 2.71. The number of aromatic nitrogens is 3. The quantitative estimate of drug-likeness (QED) is 0.335. The van der Waals surface area contributed by atoms with E-state index in [0.717, 1.165) is 0 Å². The van der Waals surface area contributed by atoms with E-state index in [1.54, 1.807) is 18.2 Å². The Morgan fingerprint density at radius 3 is 2.61 bits per heavy atom. The number of carbonyl (C=O) groups excluding carboxylic acids is 1. The van der Waals surface area contributed by atoms with Gasteiger partial charge in [0.1, 0.15) is 5.78 Å². The van der Waals surface area contributed by atoms with Gasteiger partial charge in [-0.2, -0.15) is 0 Å². The Hall–Kier alpha value is -2.48. The summed E-state index contributed by atoms with van der Waals surface area (Å²) >= 11 is 1.33. The molecule has 0 aliphatic heterocycles. The lowest BCUT2D eigenvalue weighted by atomic mass is 10.2. The largest absolute Gasteiger partial charge is 0.299 e. The van der Waals surface area contributed by atoms with Crippen LogP contribution >= 0.6 is 11.8 Å². The van der Waals surface area contributed by atoms with Gasteiger partial charge in [-0.15, -0.1) is 16.8 Å². The molecular formula is C15H16N4O3S. The number of rotatable bonds is 7. The lowest BCUT2D eigenvalue weighted by molar-refractivity contribution is -0.384. The van der Waals surface area contributed by atoms with Crippen molar-refractivity contribution in [3.05, 3.63) is 47.0 Å². The first-order valence-corrected chi connectivity index (χ1v) is 7.78. The van der Waals surface area contributed by atoms with Gasteiger partial charge in [0.05, 0.1) is 10.2 Å². The summed E-state index contributed by atoms with van der Waals surface area (Å²) in [6, 6.07) is 6.11. The number of benzene rings is 1. The smallest absolute Gasteiger partial charge is 0.269 e. The topological polar surface area (TPSA) is 90.9 Å². The fraction of sp³-hybridized carbons (Fsp3) is 0.267. The maximum absolute atomic E-state index is 11.4. The van der Waals surface area contributed by atoms with E-state index >= 15 is 0 Å². The molecule has 1 atom stereocenters. The Balaban J connectivity index is 2.38. The molecule has 120 valence electrons. The van der Waals surface area contributed by atoms with Gasteiger partial charge in [0.15, 0.2) is 11.0 Å². The van der Waals surface area contributed by atoms with Gasteiger partial charge in [0.2, 0.25) is 0 Å². The summed E-state index contributed by atoms with van der Waals surface area (Å²) in [7, 11) is 0. The maximum atomic E-state index is 11.4. The molecule has 0 amide bonds. The second-order valence-electron chi connectivity index (χ2n) is 4.88. The maximum Gasteiger partial charge on any atom is 0.269 e. The van der Waals surface area contributed by atoms with Gasteiger partial charge in [-0.3, -0.25) is 19.5 Å². The first-order valence-electron chi connectivity index (χ1n) is 6.90. The normalized spacial score (nSPS) is 11.9. The molecule has 2 aromatic rings. The van der Waals surface area contributed by atoms with Gasteiger partial charge in [-0.05, 0) is 26.0 Å². The molecule has 0 saturated heterocycles. The zero-order valence-corrected chi connectivity index (χ0v) is 13.6. The molecule has 23 heavy (non-hydrogen) atoms. The van der Waals surface area contributed by atoms with Crippen molar-refractivity contribution in [3.8, 4) is 11.4 Å². The molecule has 8 heteroatoms. The third-order valence-electron chi connectivity index (χ3n) is 3.22. The Morgan fingerprint density at radius 2 is 2.09 bits per heavy atom. The molecule has 0 aliphatic carbocycles. The SMILES string of the molecule is C=CCn1c(S[C@H](C)C(C)=O)nnc1-c1ccc([N+](=O)[O-])cc1. The van der Waals surface area contributed by atoms with Gasteiger partial charge in [0.25, 0.3) is 5.69 Å². The van der Waals surface area contributed by atoms with Crippen LogP contribution in [0, 0.1) is 10.1 Å². The molecule has 0 N–H and O–H groups in total. The van der Waals surface area contributed by atoms with Gasteiger partial charge in [0, 0.05) is 24.2 Å². The van der Waals surface area contributed by atoms with E-state index < -0.39 is 4.92 Å². The molecule has 0 saturated carbocycles. The molecule has 0 aliphatic rings. The fourth-order valence-electron chi connectivity index (χ4n) is 1.86. The molecule has 1 heterocycles. The molecule has 0 fully saturated rings. The highest BCUT2D eigenvalue weighted by molar-refractivity contribution is 8.00.